The summed E-state index contributed by atoms with van der Waals surface area (Å²) in [5.74, 6) is 2.38. The first-order valence-electron chi connectivity index (χ1n) is 6.07. The summed E-state index contributed by atoms with van der Waals surface area (Å²) in [6, 6.07) is 6.56. The smallest absolute Gasteiger partial charge is 0.129 e. The lowest BCUT2D eigenvalue weighted by molar-refractivity contribution is 0.875. The molecule has 18 heavy (non-hydrogen) atoms. The first kappa shape index (κ1) is 14.3. The maximum atomic E-state index is 4.01. The Balaban J connectivity index is 0.000000180. The minimum absolute atomic E-state index is 0.792. The maximum absolute atomic E-state index is 4.01. The van der Waals surface area contributed by atoms with Gasteiger partial charge in [-0.15, -0.1) is 0 Å². The van der Waals surface area contributed by atoms with Crippen LogP contribution in [0.25, 0.3) is 0 Å². The van der Waals surface area contributed by atoms with Crippen LogP contribution < -0.4 is 0 Å². The molecule has 2 aromatic rings. The summed E-state index contributed by atoms with van der Waals surface area (Å²) < 4.78 is 0. The van der Waals surface area contributed by atoms with Crippen LogP contribution in [-0.2, 0) is 0 Å². The molecule has 0 saturated heterocycles. The van der Waals surface area contributed by atoms with Gasteiger partial charge >= 0.3 is 0 Å². The Morgan fingerprint density at radius 1 is 0.500 bits per heavy atom. The summed E-state index contributed by atoms with van der Waals surface area (Å²) in [5.41, 5.74) is 4.06. The SMILES string of the molecule is Cc1cc(C)cc(C)c1.Cc1nc(C)nc(C)n1. The normalized spacial score (nSPS) is 9.67. The Labute approximate surface area is 109 Å². The molecule has 2 rings (SSSR count). The van der Waals surface area contributed by atoms with Crippen LogP contribution in [0.3, 0.4) is 0 Å². The highest BCUT2D eigenvalue weighted by molar-refractivity contribution is 5.27. The lowest BCUT2D eigenvalue weighted by Gasteiger charge is -1.96. The Morgan fingerprint density at radius 3 is 0.944 bits per heavy atom. The number of hydrogen-bond donors (Lipinski definition) is 0. The van der Waals surface area contributed by atoms with Gasteiger partial charge in [0.25, 0.3) is 0 Å². The molecular weight excluding hydrogens is 222 g/mol. The predicted molar refractivity (Wildman–Crippen MR) is 74.7 cm³/mol. The number of nitrogens with zero attached hydrogens (tertiary/aromatic N) is 3. The molecule has 1 aromatic heterocycles. The molecule has 0 N–H and O–H groups in total. The zero-order valence-corrected chi connectivity index (χ0v) is 12.1. The first-order chi connectivity index (χ1) is 8.36. The van der Waals surface area contributed by atoms with Crippen molar-refractivity contribution in [1.82, 2.24) is 15.0 Å². The van der Waals surface area contributed by atoms with E-state index in [-0.39, 0.29) is 0 Å². The van der Waals surface area contributed by atoms with Crippen molar-refractivity contribution in [2.24, 2.45) is 0 Å². The van der Waals surface area contributed by atoms with Crippen LogP contribution >= 0.6 is 0 Å². The molecule has 0 aliphatic carbocycles. The van der Waals surface area contributed by atoms with E-state index in [0.717, 1.165) is 17.5 Å². The maximum Gasteiger partial charge on any atom is 0.129 e. The van der Waals surface area contributed by atoms with E-state index in [1.165, 1.54) is 16.7 Å². The fraction of sp³-hybridized carbons (Fsp3) is 0.400. The van der Waals surface area contributed by atoms with Crippen molar-refractivity contribution in [2.45, 2.75) is 41.5 Å². The second-order valence-electron chi connectivity index (χ2n) is 4.64. The van der Waals surface area contributed by atoms with E-state index in [1.807, 2.05) is 20.8 Å². The third-order valence-electron chi connectivity index (χ3n) is 2.34. The molecule has 0 radical (unpaired) electrons. The van der Waals surface area contributed by atoms with Gasteiger partial charge in [0.05, 0.1) is 0 Å². The van der Waals surface area contributed by atoms with Crippen molar-refractivity contribution in [1.29, 1.82) is 0 Å². The van der Waals surface area contributed by atoms with E-state index < -0.39 is 0 Å². The van der Waals surface area contributed by atoms with Gasteiger partial charge in [0.15, 0.2) is 0 Å². The zero-order valence-electron chi connectivity index (χ0n) is 12.1. The van der Waals surface area contributed by atoms with Crippen LogP contribution in [0, 0.1) is 41.5 Å². The Bertz CT molecular complexity index is 383. The molecule has 3 nitrogen and oxygen atoms in total. The van der Waals surface area contributed by atoms with Gasteiger partial charge in [-0.1, -0.05) is 34.9 Å². The van der Waals surface area contributed by atoms with E-state index in [1.54, 1.807) is 0 Å². The molecule has 1 heterocycles. The molecule has 0 spiro atoms. The summed E-state index contributed by atoms with van der Waals surface area (Å²) in [6.45, 7) is 12.0. The van der Waals surface area contributed by atoms with Gasteiger partial charge < -0.3 is 0 Å². The molecule has 0 fully saturated rings. The van der Waals surface area contributed by atoms with Crippen molar-refractivity contribution < 1.29 is 0 Å². The van der Waals surface area contributed by atoms with Crippen LogP contribution in [0.2, 0.25) is 0 Å². The highest BCUT2D eigenvalue weighted by Gasteiger charge is 1.91. The van der Waals surface area contributed by atoms with Gasteiger partial charge in [-0.2, -0.15) is 0 Å². The number of rotatable bonds is 0. The van der Waals surface area contributed by atoms with Crippen LogP contribution in [0.4, 0.5) is 0 Å². The minimum Gasteiger partial charge on any atom is -0.219 e. The average molecular weight is 243 g/mol. The van der Waals surface area contributed by atoms with Gasteiger partial charge in [-0.3, -0.25) is 0 Å². The van der Waals surface area contributed by atoms with E-state index >= 15 is 0 Å². The lowest BCUT2D eigenvalue weighted by atomic mass is 10.1. The second kappa shape index (κ2) is 6.24. The second-order valence-corrected chi connectivity index (χ2v) is 4.64. The van der Waals surface area contributed by atoms with Crippen molar-refractivity contribution in [2.75, 3.05) is 0 Å². The topological polar surface area (TPSA) is 38.7 Å². The van der Waals surface area contributed by atoms with Crippen molar-refractivity contribution in [3.05, 3.63) is 52.4 Å². The molecule has 1 aromatic carbocycles. The molecule has 0 unspecified atom stereocenters. The zero-order chi connectivity index (χ0) is 13.7. The largest absolute Gasteiger partial charge is 0.219 e. The van der Waals surface area contributed by atoms with E-state index in [9.17, 15) is 0 Å². The Kier molecular flexibility index (Phi) is 4.95. The van der Waals surface area contributed by atoms with Gasteiger partial charge in [0, 0.05) is 0 Å². The molecule has 96 valence electrons. The van der Waals surface area contributed by atoms with Crippen molar-refractivity contribution in [3.63, 3.8) is 0 Å². The van der Waals surface area contributed by atoms with Crippen molar-refractivity contribution >= 4 is 0 Å². The summed E-state index contributed by atoms with van der Waals surface area (Å²) >= 11 is 0. The summed E-state index contributed by atoms with van der Waals surface area (Å²) in [6.07, 6.45) is 0. The Morgan fingerprint density at radius 2 is 0.722 bits per heavy atom. The molecule has 0 aliphatic heterocycles. The molecule has 0 aliphatic rings. The monoisotopic (exact) mass is 243 g/mol. The molecule has 0 bridgehead atoms. The number of benzene rings is 1. The van der Waals surface area contributed by atoms with Crippen LogP contribution in [-0.4, -0.2) is 15.0 Å². The molecule has 3 heteroatoms. The summed E-state index contributed by atoms with van der Waals surface area (Å²) in [7, 11) is 0. The van der Waals surface area contributed by atoms with Crippen LogP contribution in [0.15, 0.2) is 18.2 Å². The molecule has 0 saturated carbocycles. The molecular formula is C15H21N3. The van der Waals surface area contributed by atoms with E-state index in [4.69, 9.17) is 0 Å². The number of hydrogen-bond acceptors (Lipinski definition) is 3. The summed E-state index contributed by atoms with van der Waals surface area (Å²) in [4.78, 5) is 12.0. The first-order valence-corrected chi connectivity index (χ1v) is 6.07. The number of aromatic nitrogens is 3. The average Bonchev–Trinajstić information content (AvgIpc) is 2.12. The van der Waals surface area contributed by atoms with Gasteiger partial charge in [0.2, 0.25) is 0 Å². The number of aryl methyl sites for hydroxylation is 6. The molecule has 0 amide bonds. The lowest BCUT2D eigenvalue weighted by Crippen LogP contribution is -1.97. The predicted octanol–water partition coefficient (Wildman–Crippen LogP) is 3.41. The third kappa shape index (κ3) is 5.04. The fourth-order valence-corrected chi connectivity index (χ4v) is 1.98. The highest BCUT2D eigenvalue weighted by atomic mass is 15.0. The van der Waals surface area contributed by atoms with E-state index in [0.29, 0.717) is 0 Å². The van der Waals surface area contributed by atoms with Gasteiger partial charge in [-0.25, -0.2) is 15.0 Å². The van der Waals surface area contributed by atoms with Crippen LogP contribution in [0.5, 0.6) is 0 Å². The van der Waals surface area contributed by atoms with Crippen molar-refractivity contribution in [3.8, 4) is 0 Å². The van der Waals surface area contributed by atoms with Gasteiger partial charge in [0.1, 0.15) is 17.5 Å². The summed E-state index contributed by atoms with van der Waals surface area (Å²) in [5, 5.41) is 0. The third-order valence-corrected chi connectivity index (χ3v) is 2.34. The minimum atomic E-state index is 0.792. The van der Waals surface area contributed by atoms with Crippen LogP contribution in [0.1, 0.15) is 34.2 Å². The van der Waals surface area contributed by atoms with E-state index in [2.05, 4.69) is 53.9 Å². The Hall–Kier alpha value is -1.77. The highest BCUT2D eigenvalue weighted by Crippen LogP contribution is 2.06. The standard InChI is InChI=1S/C9H12.C6H9N3/c1-7-4-8(2)6-9(3)5-7;1-4-7-5(2)9-6(3)8-4/h4-6H,1-3H3;1-3H3. The fourth-order valence-electron chi connectivity index (χ4n) is 1.98. The van der Waals surface area contributed by atoms with Gasteiger partial charge in [-0.05, 0) is 41.5 Å². The molecule has 0 atom stereocenters. The quantitative estimate of drug-likeness (QED) is 0.711.